The molecule has 0 radical (unpaired) electrons. The number of nitrogens with two attached hydrogens (primary N) is 1. The van der Waals surface area contributed by atoms with Crippen LogP contribution in [-0.4, -0.2) is 36.1 Å². The highest BCUT2D eigenvalue weighted by molar-refractivity contribution is 7.92. The van der Waals surface area contributed by atoms with Crippen LogP contribution in [0.25, 0.3) is 0 Å². The van der Waals surface area contributed by atoms with E-state index in [2.05, 4.69) is 19.9 Å². The van der Waals surface area contributed by atoms with Crippen molar-refractivity contribution in [1.82, 2.24) is 4.98 Å². The molecule has 2 aromatic carbocycles. The summed E-state index contributed by atoms with van der Waals surface area (Å²) in [4.78, 5) is 14.9. The average Bonchev–Trinajstić information content (AvgIpc) is 2.74. The van der Waals surface area contributed by atoms with Crippen LogP contribution in [-0.2, 0) is 10.0 Å². The van der Waals surface area contributed by atoms with Gasteiger partial charge in [0.05, 0.1) is 16.3 Å². The van der Waals surface area contributed by atoms with Gasteiger partial charge in [0.1, 0.15) is 17.1 Å². The van der Waals surface area contributed by atoms with Crippen molar-refractivity contribution in [3.8, 4) is 5.75 Å². The van der Waals surface area contributed by atoms with Gasteiger partial charge in [-0.1, -0.05) is 13.0 Å². The average molecular weight is 443 g/mol. The van der Waals surface area contributed by atoms with E-state index in [9.17, 15) is 18.3 Å². The molecule has 1 aromatic heterocycles. The first-order chi connectivity index (χ1) is 14.8. The number of hydrogen-bond acceptors (Lipinski definition) is 8. The Morgan fingerprint density at radius 2 is 1.68 bits per heavy atom. The standard InChI is InChI=1S/C18H14N4O5S.C2H7N/c23-16-9-6-13(11-15(16)18(24)25)21-20-12-4-7-14(8-5-12)28(26,27)22-17-3-1-2-10-19-17;1-2-3/h1-11,23H,(H,19,22)(H,24,25);2-3H2,1H3. The molecule has 0 spiro atoms. The van der Waals surface area contributed by atoms with Crippen molar-refractivity contribution < 1.29 is 23.4 Å². The third-order valence-electron chi connectivity index (χ3n) is 3.54. The number of rotatable bonds is 6. The van der Waals surface area contributed by atoms with Gasteiger partial charge in [-0.05, 0) is 61.1 Å². The lowest BCUT2D eigenvalue weighted by atomic mass is 10.2. The number of azo groups is 1. The lowest BCUT2D eigenvalue weighted by Crippen LogP contribution is -2.13. The van der Waals surface area contributed by atoms with Crippen LogP contribution >= 0.6 is 0 Å². The van der Waals surface area contributed by atoms with Gasteiger partial charge in [-0.2, -0.15) is 10.2 Å². The minimum Gasteiger partial charge on any atom is -0.507 e. The number of anilines is 1. The fourth-order valence-corrected chi connectivity index (χ4v) is 3.19. The predicted octanol–water partition coefficient (Wildman–Crippen LogP) is 3.67. The van der Waals surface area contributed by atoms with E-state index >= 15 is 0 Å². The summed E-state index contributed by atoms with van der Waals surface area (Å²) in [5, 5.41) is 26.3. The highest BCUT2D eigenvalue weighted by Crippen LogP contribution is 2.25. The summed E-state index contributed by atoms with van der Waals surface area (Å²) >= 11 is 0. The van der Waals surface area contributed by atoms with Crippen LogP contribution < -0.4 is 10.5 Å². The number of benzene rings is 2. The Labute approximate surface area is 179 Å². The molecule has 31 heavy (non-hydrogen) atoms. The molecule has 162 valence electrons. The minimum absolute atomic E-state index is 0.0231. The second-order valence-corrected chi connectivity index (χ2v) is 7.61. The van der Waals surface area contributed by atoms with Crippen molar-refractivity contribution >= 4 is 33.2 Å². The van der Waals surface area contributed by atoms with Crippen molar-refractivity contribution in [2.75, 3.05) is 11.3 Å². The molecule has 3 rings (SSSR count). The second kappa shape index (κ2) is 10.8. The summed E-state index contributed by atoms with van der Waals surface area (Å²) in [5.41, 5.74) is 5.14. The van der Waals surface area contributed by atoms with Crippen LogP contribution in [0.1, 0.15) is 17.3 Å². The fourth-order valence-electron chi connectivity index (χ4n) is 2.18. The Morgan fingerprint density at radius 1 is 1.06 bits per heavy atom. The van der Waals surface area contributed by atoms with Crippen molar-refractivity contribution in [2.45, 2.75) is 11.8 Å². The molecule has 0 saturated heterocycles. The third kappa shape index (κ3) is 6.87. The number of carbonyl (C=O) groups is 1. The summed E-state index contributed by atoms with van der Waals surface area (Å²) in [6.45, 7) is 2.65. The smallest absolute Gasteiger partial charge is 0.339 e. The van der Waals surface area contributed by atoms with E-state index in [1.807, 2.05) is 6.92 Å². The maximum atomic E-state index is 12.3. The van der Waals surface area contributed by atoms with Crippen LogP contribution in [0.15, 0.2) is 82.0 Å². The number of phenols is 1. The number of aromatic hydroxyl groups is 1. The van der Waals surface area contributed by atoms with Gasteiger partial charge in [0.15, 0.2) is 0 Å². The van der Waals surface area contributed by atoms with Gasteiger partial charge < -0.3 is 15.9 Å². The molecule has 0 unspecified atom stereocenters. The monoisotopic (exact) mass is 443 g/mol. The molecule has 11 heteroatoms. The van der Waals surface area contributed by atoms with Gasteiger partial charge >= 0.3 is 5.97 Å². The lowest BCUT2D eigenvalue weighted by Gasteiger charge is -2.07. The number of pyridine rings is 1. The van der Waals surface area contributed by atoms with Crippen molar-refractivity contribution in [3.05, 3.63) is 72.4 Å². The van der Waals surface area contributed by atoms with Crippen LogP contribution in [0, 0.1) is 0 Å². The zero-order chi connectivity index (χ0) is 22.9. The first-order valence-corrected chi connectivity index (χ1v) is 10.5. The summed E-state index contributed by atoms with van der Waals surface area (Å²) in [5.74, 6) is -1.46. The first-order valence-electron chi connectivity index (χ1n) is 8.99. The SMILES string of the molecule is CCN.O=C(O)c1cc(N=Nc2ccc(S(=O)(=O)Nc3ccccn3)cc2)ccc1O. The number of carboxylic acid groups (broad SMARTS) is 1. The molecule has 3 aromatic rings. The van der Waals surface area contributed by atoms with Crippen LogP contribution in [0.5, 0.6) is 5.75 Å². The topological polar surface area (TPSA) is 167 Å². The summed E-state index contributed by atoms with van der Waals surface area (Å²) in [6, 6.07) is 14.3. The zero-order valence-electron chi connectivity index (χ0n) is 16.5. The molecule has 0 aliphatic heterocycles. The van der Waals surface area contributed by atoms with Gasteiger partial charge in [0, 0.05) is 6.20 Å². The highest BCUT2D eigenvalue weighted by atomic mass is 32.2. The molecule has 0 bridgehead atoms. The van der Waals surface area contributed by atoms with Crippen LogP contribution in [0.3, 0.4) is 0 Å². The molecular formula is C20H21N5O5S. The minimum atomic E-state index is -3.79. The Kier molecular flexibility index (Phi) is 8.17. The fraction of sp³-hybridized carbons (Fsp3) is 0.100. The molecule has 10 nitrogen and oxygen atoms in total. The molecule has 0 amide bonds. The number of sulfonamides is 1. The number of nitrogens with one attached hydrogen (secondary N) is 1. The number of aromatic nitrogens is 1. The van der Waals surface area contributed by atoms with E-state index in [1.165, 1.54) is 54.7 Å². The maximum absolute atomic E-state index is 12.3. The number of hydrogen-bond donors (Lipinski definition) is 4. The highest BCUT2D eigenvalue weighted by Gasteiger charge is 2.14. The lowest BCUT2D eigenvalue weighted by molar-refractivity contribution is 0.0693. The molecule has 0 fully saturated rings. The number of aromatic carboxylic acids is 1. The largest absolute Gasteiger partial charge is 0.507 e. The summed E-state index contributed by atoms with van der Waals surface area (Å²) in [6.07, 6.45) is 1.47. The quantitative estimate of drug-likeness (QED) is 0.421. The third-order valence-corrected chi connectivity index (χ3v) is 4.91. The predicted molar refractivity (Wildman–Crippen MR) is 115 cm³/mol. The Bertz CT molecular complexity index is 1150. The molecule has 0 atom stereocenters. The second-order valence-electron chi connectivity index (χ2n) is 5.93. The maximum Gasteiger partial charge on any atom is 0.339 e. The summed E-state index contributed by atoms with van der Waals surface area (Å²) in [7, 11) is -3.79. The van der Waals surface area contributed by atoms with E-state index in [1.54, 1.807) is 12.1 Å². The molecule has 0 saturated carbocycles. The van der Waals surface area contributed by atoms with Gasteiger partial charge in [0.25, 0.3) is 10.0 Å². The van der Waals surface area contributed by atoms with E-state index in [4.69, 9.17) is 10.8 Å². The Hall–Kier alpha value is -3.83. The van der Waals surface area contributed by atoms with Crippen molar-refractivity contribution in [2.24, 2.45) is 16.0 Å². The van der Waals surface area contributed by atoms with Crippen LogP contribution in [0.4, 0.5) is 17.2 Å². The van der Waals surface area contributed by atoms with E-state index in [-0.39, 0.29) is 27.7 Å². The van der Waals surface area contributed by atoms with Crippen LogP contribution in [0.2, 0.25) is 0 Å². The first kappa shape index (κ1) is 23.4. The molecule has 0 aliphatic carbocycles. The van der Waals surface area contributed by atoms with Crippen molar-refractivity contribution in [3.63, 3.8) is 0 Å². The Morgan fingerprint density at radius 3 is 2.26 bits per heavy atom. The molecule has 1 heterocycles. The number of carboxylic acids is 1. The Balaban J connectivity index is 0.00000107. The van der Waals surface area contributed by atoms with Gasteiger partial charge in [-0.3, -0.25) is 4.72 Å². The normalized spacial score (nSPS) is 10.9. The van der Waals surface area contributed by atoms with E-state index in [0.29, 0.717) is 5.69 Å². The summed E-state index contributed by atoms with van der Waals surface area (Å²) < 4.78 is 27.0. The van der Waals surface area contributed by atoms with E-state index in [0.717, 1.165) is 6.54 Å². The molecule has 5 N–H and O–H groups in total. The molecular weight excluding hydrogens is 422 g/mol. The zero-order valence-corrected chi connectivity index (χ0v) is 17.3. The van der Waals surface area contributed by atoms with Crippen molar-refractivity contribution in [1.29, 1.82) is 0 Å². The van der Waals surface area contributed by atoms with Gasteiger partial charge in [-0.25, -0.2) is 18.2 Å². The van der Waals surface area contributed by atoms with Gasteiger partial charge in [0.2, 0.25) is 0 Å². The number of nitrogens with zero attached hydrogens (tertiary/aromatic N) is 3. The van der Waals surface area contributed by atoms with Gasteiger partial charge in [-0.15, -0.1) is 0 Å². The van der Waals surface area contributed by atoms with E-state index < -0.39 is 16.0 Å². The molecule has 0 aliphatic rings.